The summed E-state index contributed by atoms with van der Waals surface area (Å²) in [6.07, 6.45) is 4.61. The predicted octanol–water partition coefficient (Wildman–Crippen LogP) is 0.405. The summed E-state index contributed by atoms with van der Waals surface area (Å²) in [5.41, 5.74) is 0. The van der Waals surface area contributed by atoms with E-state index >= 15 is 0 Å². The van der Waals surface area contributed by atoms with Gasteiger partial charge in [0.05, 0.1) is 0 Å². The number of hydrogen-bond acceptors (Lipinski definition) is 4. The van der Waals surface area contributed by atoms with Crippen molar-refractivity contribution in [2.24, 2.45) is 9.54 Å². The van der Waals surface area contributed by atoms with E-state index in [0.717, 1.165) is 11.9 Å². The molecule has 0 saturated carbocycles. The van der Waals surface area contributed by atoms with Crippen LogP contribution in [-0.4, -0.2) is 13.5 Å². The highest BCUT2D eigenvalue weighted by atomic mass is 32.2. The third kappa shape index (κ3) is 2.49. The minimum absolute atomic E-state index is 0.104. The molecule has 0 aliphatic carbocycles. The van der Waals surface area contributed by atoms with Crippen molar-refractivity contribution in [2.45, 2.75) is 0 Å². The molecule has 11 heavy (non-hydrogen) atoms. The van der Waals surface area contributed by atoms with Crippen LogP contribution in [0.2, 0.25) is 0 Å². The van der Waals surface area contributed by atoms with Crippen LogP contribution in [0.3, 0.4) is 0 Å². The molecular weight excluding hydrogens is 184 g/mol. The van der Waals surface area contributed by atoms with Crippen LogP contribution in [0.15, 0.2) is 28.0 Å². The van der Waals surface area contributed by atoms with Crippen LogP contribution in [0.1, 0.15) is 0 Å². The van der Waals surface area contributed by atoms with E-state index in [2.05, 4.69) is 4.40 Å². The number of allylic oxidation sites excluding steroid dienone is 2. The van der Waals surface area contributed by atoms with E-state index in [1.807, 2.05) is 0 Å². The molecule has 6 heteroatoms. The number of primary sulfonamides is 1. The van der Waals surface area contributed by atoms with Crippen molar-refractivity contribution in [2.75, 3.05) is 0 Å². The molecule has 0 spiro atoms. The molecule has 0 saturated heterocycles. The average Bonchev–Trinajstić information content (AvgIpc) is 2.10. The van der Waals surface area contributed by atoms with Gasteiger partial charge < -0.3 is 0 Å². The highest BCUT2D eigenvalue weighted by molar-refractivity contribution is 8.07. The average molecular weight is 190 g/mol. The zero-order chi connectivity index (χ0) is 8.32. The zero-order valence-electron chi connectivity index (χ0n) is 5.47. The van der Waals surface area contributed by atoms with Crippen molar-refractivity contribution < 1.29 is 8.42 Å². The second kappa shape index (κ2) is 3.21. The van der Waals surface area contributed by atoms with Gasteiger partial charge in [-0.2, -0.15) is 4.40 Å². The maximum atomic E-state index is 10.7. The van der Waals surface area contributed by atoms with Gasteiger partial charge in [0.2, 0.25) is 0 Å². The molecule has 0 unspecified atom stereocenters. The Morgan fingerprint density at radius 3 is 2.82 bits per heavy atom. The van der Waals surface area contributed by atoms with Gasteiger partial charge in [-0.1, -0.05) is 12.2 Å². The van der Waals surface area contributed by atoms with Gasteiger partial charge in [0.15, 0.2) is 5.04 Å². The number of rotatable bonds is 0. The predicted molar refractivity (Wildman–Crippen MR) is 46.4 cm³/mol. The largest absolute Gasteiger partial charge is 0.256 e. The Morgan fingerprint density at radius 2 is 2.18 bits per heavy atom. The third-order valence-electron chi connectivity index (χ3n) is 0.924. The highest BCUT2D eigenvalue weighted by Crippen LogP contribution is 2.09. The minimum atomic E-state index is -3.65. The second-order valence-corrected chi connectivity index (χ2v) is 3.94. The summed E-state index contributed by atoms with van der Waals surface area (Å²) in [6, 6.07) is 0. The monoisotopic (exact) mass is 190 g/mol. The van der Waals surface area contributed by atoms with Crippen LogP contribution in [0.5, 0.6) is 0 Å². The van der Waals surface area contributed by atoms with Gasteiger partial charge >= 0.3 is 0 Å². The standard InChI is InChI=1S/C5H6N2O2S2/c6-11(8,9)5-3-1-2-4-10-7-5/h1-4H,(H2,6,8,9). The molecule has 0 aromatic heterocycles. The zero-order valence-corrected chi connectivity index (χ0v) is 7.10. The summed E-state index contributed by atoms with van der Waals surface area (Å²) in [5.74, 6) is 0. The number of nitrogens with zero attached hydrogens (tertiary/aromatic N) is 1. The Bertz CT molecular complexity index is 326. The van der Waals surface area contributed by atoms with Crippen LogP contribution in [0.25, 0.3) is 0 Å². The number of hydrogen-bond donors (Lipinski definition) is 1. The Balaban J connectivity index is 3.00. The molecule has 4 nitrogen and oxygen atoms in total. The van der Waals surface area contributed by atoms with E-state index < -0.39 is 10.0 Å². The van der Waals surface area contributed by atoms with Crippen LogP contribution < -0.4 is 5.14 Å². The first-order chi connectivity index (χ1) is 5.11. The maximum Gasteiger partial charge on any atom is 0.256 e. The van der Waals surface area contributed by atoms with Crippen molar-refractivity contribution in [3.05, 3.63) is 23.6 Å². The summed E-state index contributed by atoms with van der Waals surface area (Å²) in [4.78, 5) is 0. The first-order valence-electron chi connectivity index (χ1n) is 2.70. The molecule has 60 valence electrons. The summed E-state index contributed by atoms with van der Waals surface area (Å²) >= 11 is 1.04. The van der Waals surface area contributed by atoms with E-state index in [0.29, 0.717) is 0 Å². The fraction of sp³-hybridized carbons (Fsp3) is 0. The molecule has 0 radical (unpaired) electrons. The van der Waals surface area contributed by atoms with Gasteiger partial charge in [0.25, 0.3) is 10.0 Å². The first kappa shape index (κ1) is 8.51. The maximum absolute atomic E-state index is 10.7. The quantitative estimate of drug-likeness (QED) is 0.562. The lowest BCUT2D eigenvalue weighted by molar-refractivity contribution is 0.609. The van der Waals surface area contributed by atoms with E-state index in [1.165, 1.54) is 6.08 Å². The van der Waals surface area contributed by atoms with Gasteiger partial charge in [-0.05, 0) is 11.5 Å². The molecule has 0 aromatic carbocycles. The smallest absolute Gasteiger partial charge is 0.223 e. The Kier molecular flexibility index (Phi) is 2.48. The molecule has 0 amide bonds. The van der Waals surface area contributed by atoms with Crippen molar-refractivity contribution in [1.82, 2.24) is 0 Å². The molecule has 1 aliphatic heterocycles. The van der Waals surface area contributed by atoms with Crippen LogP contribution >= 0.6 is 11.9 Å². The molecule has 1 heterocycles. The molecule has 0 bridgehead atoms. The lowest BCUT2D eigenvalue weighted by atomic mass is 10.5. The summed E-state index contributed by atoms with van der Waals surface area (Å²) in [6.45, 7) is 0. The van der Waals surface area contributed by atoms with E-state index in [1.54, 1.807) is 17.6 Å². The SMILES string of the molecule is NS(=O)(=O)C1=NSC=CC=C1. The minimum Gasteiger partial charge on any atom is -0.223 e. The Morgan fingerprint density at radius 1 is 1.45 bits per heavy atom. The van der Waals surface area contributed by atoms with Gasteiger partial charge in [-0.15, -0.1) is 0 Å². The van der Waals surface area contributed by atoms with Gasteiger partial charge in [-0.3, -0.25) is 0 Å². The summed E-state index contributed by atoms with van der Waals surface area (Å²) < 4.78 is 25.0. The molecule has 2 N–H and O–H groups in total. The molecule has 0 fully saturated rings. The fourth-order valence-corrected chi connectivity index (χ4v) is 1.68. The van der Waals surface area contributed by atoms with Crippen molar-refractivity contribution >= 4 is 27.0 Å². The molecular formula is C5H6N2O2S2. The Labute approximate surface area is 69.1 Å². The number of sulfonamides is 1. The van der Waals surface area contributed by atoms with Gasteiger partial charge in [-0.25, -0.2) is 13.6 Å². The van der Waals surface area contributed by atoms with Crippen molar-refractivity contribution in [3.63, 3.8) is 0 Å². The lowest BCUT2D eigenvalue weighted by Crippen LogP contribution is -2.21. The van der Waals surface area contributed by atoms with Crippen LogP contribution in [-0.2, 0) is 10.0 Å². The summed E-state index contributed by atoms with van der Waals surface area (Å²) in [7, 11) is -3.65. The summed E-state index contributed by atoms with van der Waals surface area (Å²) in [5, 5.41) is 6.39. The van der Waals surface area contributed by atoms with E-state index in [-0.39, 0.29) is 5.04 Å². The van der Waals surface area contributed by atoms with Gasteiger partial charge in [0.1, 0.15) is 0 Å². The first-order valence-corrected chi connectivity index (χ1v) is 5.09. The van der Waals surface area contributed by atoms with Crippen molar-refractivity contribution in [3.8, 4) is 0 Å². The third-order valence-corrected chi connectivity index (χ3v) is 2.43. The second-order valence-electron chi connectivity index (χ2n) is 1.77. The topological polar surface area (TPSA) is 72.5 Å². The molecule has 0 atom stereocenters. The van der Waals surface area contributed by atoms with Crippen LogP contribution in [0.4, 0.5) is 0 Å². The van der Waals surface area contributed by atoms with Gasteiger partial charge in [0, 0.05) is 11.9 Å². The van der Waals surface area contributed by atoms with E-state index in [9.17, 15) is 8.42 Å². The highest BCUT2D eigenvalue weighted by Gasteiger charge is 2.10. The molecule has 1 aliphatic rings. The van der Waals surface area contributed by atoms with E-state index in [4.69, 9.17) is 5.14 Å². The lowest BCUT2D eigenvalue weighted by Gasteiger charge is -1.92. The normalized spacial score (nSPS) is 17.7. The number of nitrogens with two attached hydrogens (primary N) is 1. The molecule has 1 rings (SSSR count). The van der Waals surface area contributed by atoms with Crippen molar-refractivity contribution in [1.29, 1.82) is 0 Å². The van der Waals surface area contributed by atoms with Crippen LogP contribution in [0, 0.1) is 0 Å². The Hall–Kier alpha value is -0.590. The fourth-order valence-electron chi connectivity index (χ4n) is 0.478. The molecule has 0 aromatic rings.